The third kappa shape index (κ3) is 1.65. The Morgan fingerprint density at radius 1 is 1.20 bits per heavy atom. The van der Waals surface area contributed by atoms with Crippen LogP contribution in [0.15, 0.2) is 24.3 Å². The SMILES string of the molecule is Cc1[nH]c2ccccc2c1C(C)N(C)C. The Morgan fingerprint density at radius 2 is 1.87 bits per heavy atom. The lowest BCUT2D eigenvalue weighted by atomic mass is 10.0. The van der Waals surface area contributed by atoms with Crippen LogP contribution in [-0.2, 0) is 0 Å². The minimum Gasteiger partial charge on any atom is -0.358 e. The monoisotopic (exact) mass is 202 g/mol. The summed E-state index contributed by atoms with van der Waals surface area (Å²) in [6.07, 6.45) is 0. The summed E-state index contributed by atoms with van der Waals surface area (Å²) in [5, 5.41) is 1.34. The van der Waals surface area contributed by atoms with Gasteiger partial charge in [0.05, 0.1) is 0 Å². The summed E-state index contributed by atoms with van der Waals surface area (Å²) >= 11 is 0. The van der Waals surface area contributed by atoms with Crippen molar-refractivity contribution in [2.45, 2.75) is 19.9 Å². The first kappa shape index (κ1) is 10.2. The third-order valence-electron chi connectivity index (χ3n) is 3.14. The van der Waals surface area contributed by atoms with Gasteiger partial charge in [-0.15, -0.1) is 0 Å². The van der Waals surface area contributed by atoms with E-state index in [9.17, 15) is 0 Å². The molecule has 80 valence electrons. The highest BCUT2D eigenvalue weighted by molar-refractivity contribution is 5.85. The van der Waals surface area contributed by atoms with Crippen LogP contribution in [0, 0.1) is 6.92 Å². The molecule has 0 fully saturated rings. The van der Waals surface area contributed by atoms with Crippen molar-refractivity contribution in [3.8, 4) is 0 Å². The Balaban J connectivity index is 2.63. The molecular formula is C13H18N2. The van der Waals surface area contributed by atoms with Gasteiger partial charge >= 0.3 is 0 Å². The number of aromatic amines is 1. The summed E-state index contributed by atoms with van der Waals surface area (Å²) in [7, 11) is 4.23. The zero-order chi connectivity index (χ0) is 11.0. The predicted molar refractivity (Wildman–Crippen MR) is 65.1 cm³/mol. The van der Waals surface area contributed by atoms with Gasteiger partial charge in [0.1, 0.15) is 0 Å². The van der Waals surface area contributed by atoms with Gasteiger partial charge in [-0.3, -0.25) is 0 Å². The fourth-order valence-electron chi connectivity index (χ4n) is 2.09. The zero-order valence-corrected chi connectivity index (χ0v) is 9.83. The van der Waals surface area contributed by atoms with Crippen LogP contribution in [0.5, 0.6) is 0 Å². The Hall–Kier alpha value is -1.28. The lowest BCUT2D eigenvalue weighted by Gasteiger charge is -2.20. The number of fused-ring (bicyclic) bond motifs is 1. The molecule has 1 N–H and O–H groups in total. The van der Waals surface area contributed by atoms with E-state index in [0.717, 1.165) is 0 Å². The number of rotatable bonds is 2. The normalized spacial score (nSPS) is 13.7. The van der Waals surface area contributed by atoms with Crippen LogP contribution in [0.3, 0.4) is 0 Å². The fourth-order valence-corrected chi connectivity index (χ4v) is 2.09. The molecule has 0 saturated heterocycles. The van der Waals surface area contributed by atoms with E-state index in [1.165, 1.54) is 22.2 Å². The molecule has 0 aliphatic rings. The molecular weight excluding hydrogens is 184 g/mol. The molecule has 0 aliphatic heterocycles. The Kier molecular flexibility index (Phi) is 2.53. The topological polar surface area (TPSA) is 19.0 Å². The maximum Gasteiger partial charge on any atom is 0.0459 e. The predicted octanol–water partition coefficient (Wildman–Crippen LogP) is 3.10. The Labute approximate surface area is 90.9 Å². The molecule has 0 aliphatic carbocycles. The van der Waals surface area contributed by atoms with Gasteiger partial charge in [-0.25, -0.2) is 0 Å². The fraction of sp³-hybridized carbons (Fsp3) is 0.385. The molecule has 0 amide bonds. The van der Waals surface area contributed by atoms with Gasteiger partial charge < -0.3 is 9.88 Å². The number of benzene rings is 1. The number of hydrogen-bond acceptors (Lipinski definition) is 1. The number of hydrogen-bond donors (Lipinski definition) is 1. The molecule has 0 spiro atoms. The van der Waals surface area contributed by atoms with Crippen molar-refractivity contribution in [3.63, 3.8) is 0 Å². The van der Waals surface area contributed by atoms with Gasteiger partial charge in [0.2, 0.25) is 0 Å². The van der Waals surface area contributed by atoms with Gasteiger partial charge in [0.25, 0.3) is 0 Å². The second-order valence-electron chi connectivity index (χ2n) is 4.35. The molecule has 2 heteroatoms. The van der Waals surface area contributed by atoms with Crippen LogP contribution in [0.25, 0.3) is 10.9 Å². The summed E-state index contributed by atoms with van der Waals surface area (Å²) in [5.41, 5.74) is 3.92. The first-order valence-corrected chi connectivity index (χ1v) is 5.35. The minimum atomic E-state index is 0.446. The van der Waals surface area contributed by atoms with Gasteiger partial charge in [0.15, 0.2) is 0 Å². The Morgan fingerprint density at radius 3 is 2.53 bits per heavy atom. The zero-order valence-electron chi connectivity index (χ0n) is 9.83. The smallest absolute Gasteiger partial charge is 0.0459 e. The average Bonchev–Trinajstić information content (AvgIpc) is 2.52. The maximum absolute atomic E-state index is 3.44. The van der Waals surface area contributed by atoms with E-state index >= 15 is 0 Å². The molecule has 1 aromatic carbocycles. The largest absolute Gasteiger partial charge is 0.358 e. The molecule has 2 nitrogen and oxygen atoms in total. The van der Waals surface area contributed by atoms with E-state index in [1.807, 2.05) is 0 Å². The van der Waals surface area contributed by atoms with Gasteiger partial charge in [-0.05, 0) is 39.6 Å². The number of para-hydroxylation sites is 1. The van der Waals surface area contributed by atoms with Crippen molar-refractivity contribution in [1.82, 2.24) is 9.88 Å². The van der Waals surface area contributed by atoms with Gasteiger partial charge in [0, 0.05) is 22.6 Å². The van der Waals surface area contributed by atoms with Crippen LogP contribution < -0.4 is 0 Å². The molecule has 15 heavy (non-hydrogen) atoms. The Bertz CT molecular complexity index is 468. The van der Waals surface area contributed by atoms with Crippen molar-refractivity contribution < 1.29 is 0 Å². The summed E-state index contributed by atoms with van der Waals surface area (Å²) in [6, 6.07) is 8.94. The molecule has 1 atom stereocenters. The lowest BCUT2D eigenvalue weighted by molar-refractivity contribution is 0.322. The molecule has 1 unspecified atom stereocenters. The summed E-state index contributed by atoms with van der Waals surface area (Å²) in [4.78, 5) is 5.67. The molecule has 1 heterocycles. The van der Waals surface area contributed by atoms with Crippen LogP contribution in [-0.4, -0.2) is 24.0 Å². The van der Waals surface area contributed by atoms with E-state index in [1.54, 1.807) is 0 Å². The van der Waals surface area contributed by atoms with Crippen molar-refractivity contribution in [3.05, 3.63) is 35.5 Å². The number of H-pyrrole nitrogens is 1. The second kappa shape index (κ2) is 3.70. The quantitative estimate of drug-likeness (QED) is 0.792. The molecule has 0 radical (unpaired) electrons. The van der Waals surface area contributed by atoms with Crippen LogP contribution >= 0.6 is 0 Å². The minimum absolute atomic E-state index is 0.446. The van der Waals surface area contributed by atoms with E-state index in [4.69, 9.17) is 0 Å². The first-order chi connectivity index (χ1) is 7.11. The number of nitrogens with one attached hydrogen (secondary N) is 1. The summed E-state index contributed by atoms with van der Waals surface area (Å²) < 4.78 is 0. The van der Waals surface area contributed by atoms with E-state index in [0.29, 0.717) is 6.04 Å². The van der Waals surface area contributed by atoms with Gasteiger partial charge in [-0.1, -0.05) is 18.2 Å². The van der Waals surface area contributed by atoms with E-state index < -0.39 is 0 Å². The summed E-state index contributed by atoms with van der Waals surface area (Å²) in [6.45, 7) is 4.39. The van der Waals surface area contributed by atoms with E-state index in [2.05, 4.69) is 62.1 Å². The van der Waals surface area contributed by atoms with Crippen LogP contribution in [0.4, 0.5) is 0 Å². The van der Waals surface area contributed by atoms with Crippen LogP contribution in [0.2, 0.25) is 0 Å². The van der Waals surface area contributed by atoms with Crippen molar-refractivity contribution in [2.75, 3.05) is 14.1 Å². The lowest BCUT2D eigenvalue weighted by Crippen LogP contribution is -2.17. The average molecular weight is 202 g/mol. The molecule has 2 aromatic rings. The van der Waals surface area contributed by atoms with Crippen LogP contribution in [0.1, 0.15) is 24.2 Å². The highest BCUT2D eigenvalue weighted by Gasteiger charge is 2.15. The highest BCUT2D eigenvalue weighted by Crippen LogP contribution is 2.29. The third-order valence-corrected chi connectivity index (χ3v) is 3.14. The number of aromatic nitrogens is 1. The molecule has 0 saturated carbocycles. The highest BCUT2D eigenvalue weighted by atomic mass is 15.1. The van der Waals surface area contributed by atoms with Gasteiger partial charge in [-0.2, -0.15) is 0 Å². The number of aryl methyl sites for hydroxylation is 1. The van der Waals surface area contributed by atoms with E-state index in [-0.39, 0.29) is 0 Å². The maximum atomic E-state index is 3.44. The molecule has 0 bridgehead atoms. The molecule has 2 rings (SSSR count). The molecule has 1 aromatic heterocycles. The van der Waals surface area contributed by atoms with Crippen molar-refractivity contribution in [1.29, 1.82) is 0 Å². The van der Waals surface area contributed by atoms with Crippen molar-refractivity contribution in [2.24, 2.45) is 0 Å². The second-order valence-corrected chi connectivity index (χ2v) is 4.35. The number of nitrogens with zero attached hydrogens (tertiary/aromatic N) is 1. The summed E-state index contributed by atoms with van der Waals surface area (Å²) in [5.74, 6) is 0. The standard InChI is InChI=1S/C13H18N2/c1-9-13(10(2)15(3)4)11-7-5-6-8-12(11)14-9/h5-8,10,14H,1-4H3. The van der Waals surface area contributed by atoms with Crippen molar-refractivity contribution >= 4 is 10.9 Å². The first-order valence-electron chi connectivity index (χ1n) is 5.35.